The number of alkyl halides is 3. The van der Waals surface area contributed by atoms with Gasteiger partial charge in [-0.1, -0.05) is 26.0 Å². The van der Waals surface area contributed by atoms with Gasteiger partial charge in [0.25, 0.3) is 0 Å². The molecule has 0 bridgehead atoms. The van der Waals surface area contributed by atoms with Gasteiger partial charge in [0.1, 0.15) is 11.4 Å². The van der Waals surface area contributed by atoms with Crippen LogP contribution < -0.4 is 4.74 Å². The molecule has 0 spiro atoms. The summed E-state index contributed by atoms with van der Waals surface area (Å²) in [6.07, 6.45) is -3.22. The van der Waals surface area contributed by atoms with Crippen LogP contribution in [0, 0.1) is 0 Å². The van der Waals surface area contributed by atoms with E-state index in [-0.39, 0.29) is 11.5 Å². The summed E-state index contributed by atoms with van der Waals surface area (Å²) in [4.78, 5) is 11.4. The molecule has 0 saturated heterocycles. The number of benzene rings is 2. The molecule has 1 aliphatic rings. The molecule has 2 aromatic rings. The molecule has 0 saturated carbocycles. The molecule has 3 rings (SSSR count). The number of hydrogen-bond donors (Lipinski definition) is 0. The van der Waals surface area contributed by atoms with E-state index in [0.29, 0.717) is 36.6 Å². The first-order chi connectivity index (χ1) is 17.9. The van der Waals surface area contributed by atoms with Gasteiger partial charge in [0.15, 0.2) is 6.61 Å². The second-order valence-electron chi connectivity index (χ2n) is 10.7. The van der Waals surface area contributed by atoms with Crippen LogP contribution in [0.1, 0.15) is 70.2 Å². The van der Waals surface area contributed by atoms with Gasteiger partial charge in [0.05, 0.1) is 27.3 Å². The molecule has 0 aromatic heterocycles. The van der Waals surface area contributed by atoms with Gasteiger partial charge in [0, 0.05) is 17.2 Å². The molecule has 216 valence electrons. The van der Waals surface area contributed by atoms with Crippen molar-refractivity contribution in [2.45, 2.75) is 86.7 Å². The number of halogens is 3. The fourth-order valence-electron chi connectivity index (χ4n) is 4.42. The van der Waals surface area contributed by atoms with Gasteiger partial charge in [-0.2, -0.15) is 17.5 Å². The normalized spacial score (nSPS) is 17.2. The zero-order valence-electron chi connectivity index (χ0n) is 22.8. The lowest BCUT2D eigenvalue weighted by molar-refractivity contribution is -0.157. The molecule has 0 heterocycles. The van der Waals surface area contributed by atoms with Crippen LogP contribution in [0.15, 0.2) is 46.2 Å². The summed E-state index contributed by atoms with van der Waals surface area (Å²) in [5, 5.41) is -0.508. The molecule has 39 heavy (non-hydrogen) atoms. The summed E-state index contributed by atoms with van der Waals surface area (Å²) in [5.41, 5.74) is -0.483. The number of hydrogen-bond acceptors (Lipinski definition) is 6. The molecule has 1 unspecified atom stereocenters. The molecule has 1 aliphatic carbocycles. The molecule has 0 radical (unpaired) electrons. The predicted molar refractivity (Wildman–Crippen MR) is 141 cm³/mol. The van der Waals surface area contributed by atoms with Crippen molar-refractivity contribution in [3.8, 4) is 5.75 Å². The Morgan fingerprint density at radius 2 is 1.82 bits per heavy atom. The number of nitrogens with zero attached hydrogens (tertiary/aromatic N) is 1. The van der Waals surface area contributed by atoms with Crippen molar-refractivity contribution in [1.29, 1.82) is 0 Å². The minimum Gasteiger partial charge on any atom is -0.482 e. The monoisotopic (exact) mass is 589 g/mol. The van der Waals surface area contributed by atoms with E-state index in [1.807, 2.05) is 0 Å². The van der Waals surface area contributed by atoms with Crippen molar-refractivity contribution in [3.63, 3.8) is 0 Å². The first-order valence-corrected chi connectivity index (χ1v) is 15.1. The average molecular weight is 590 g/mol. The van der Waals surface area contributed by atoms with E-state index in [1.54, 1.807) is 52.8 Å². The van der Waals surface area contributed by atoms with Gasteiger partial charge < -0.3 is 9.47 Å². The molecule has 0 aliphatic heterocycles. The third-order valence-corrected chi connectivity index (χ3v) is 9.58. The number of carbonyl (C=O) groups is 1. The van der Waals surface area contributed by atoms with E-state index in [9.17, 15) is 30.6 Å². The highest BCUT2D eigenvalue weighted by Crippen LogP contribution is 2.41. The zero-order chi connectivity index (χ0) is 29.3. The Labute approximate surface area is 230 Å². The lowest BCUT2D eigenvalue weighted by atomic mass is 9.87. The van der Waals surface area contributed by atoms with Gasteiger partial charge in [-0.05, 0) is 75.4 Å². The molecule has 0 N–H and O–H groups in total. The van der Waals surface area contributed by atoms with E-state index in [0.717, 1.165) is 22.0 Å². The molecular weight excluding hydrogens is 555 g/mol. The fraction of sp³-hybridized carbons (Fsp3) is 0.519. The maximum atomic E-state index is 13.7. The summed E-state index contributed by atoms with van der Waals surface area (Å²) < 4.78 is 93.0. The Balaban J connectivity index is 1.97. The maximum absolute atomic E-state index is 13.7. The van der Waals surface area contributed by atoms with Crippen molar-refractivity contribution in [2.75, 3.05) is 13.7 Å². The molecule has 2 atom stereocenters. The topological polar surface area (TPSA) is 90.0 Å². The number of rotatable bonds is 8. The number of sulfonamides is 1. The standard InChI is InChI=1S/C27H34F3NO6S2/c1-17(2)38(33)19-13-18(27(28,29)30)14-20(15-19)39(34,35)31(6)23-11-7-10-22-21(23)9-8-12-24(22)36-16-25(32)37-26(3,4)5/h8-9,12-15,17,23H,7,10-11,16H2,1-6H3/t23-,38?/m1/s1. The van der Waals surface area contributed by atoms with Gasteiger partial charge in [0.2, 0.25) is 10.0 Å². The first kappa shape index (κ1) is 31.1. The van der Waals surface area contributed by atoms with E-state index in [4.69, 9.17) is 9.47 Å². The Morgan fingerprint density at radius 3 is 2.41 bits per heavy atom. The summed E-state index contributed by atoms with van der Waals surface area (Å²) in [5.74, 6) is -0.131. The summed E-state index contributed by atoms with van der Waals surface area (Å²) in [6, 6.07) is 6.79. The van der Waals surface area contributed by atoms with Gasteiger partial charge >= 0.3 is 12.1 Å². The summed E-state index contributed by atoms with van der Waals surface area (Å²) in [7, 11) is -4.93. The molecule has 0 amide bonds. The fourth-order valence-corrected chi connectivity index (χ4v) is 6.96. The minimum absolute atomic E-state index is 0.200. The maximum Gasteiger partial charge on any atom is 0.416 e. The van der Waals surface area contributed by atoms with Crippen LogP contribution in [0.3, 0.4) is 0 Å². The Kier molecular flexibility index (Phi) is 9.23. The van der Waals surface area contributed by atoms with Gasteiger partial charge in [-0.15, -0.1) is 0 Å². The average Bonchev–Trinajstić information content (AvgIpc) is 2.84. The highest BCUT2D eigenvalue weighted by molar-refractivity contribution is 7.89. The minimum atomic E-state index is -4.82. The van der Waals surface area contributed by atoms with Crippen LogP contribution >= 0.6 is 0 Å². The SMILES string of the molecule is CC(C)S(=O)c1cc(C(F)(F)F)cc(S(=O)(=O)N(C)[C@@H]2CCCc3c(OCC(=O)OC(C)(C)C)cccc32)c1. The molecule has 12 heteroatoms. The smallest absolute Gasteiger partial charge is 0.416 e. The van der Waals surface area contributed by atoms with Crippen molar-refractivity contribution in [2.24, 2.45) is 0 Å². The zero-order valence-corrected chi connectivity index (χ0v) is 24.4. The van der Waals surface area contributed by atoms with E-state index in [1.165, 1.54) is 7.05 Å². The molecule has 0 fully saturated rings. The number of ether oxygens (including phenoxy) is 2. The van der Waals surface area contributed by atoms with Crippen molar-refractivity contribution in [1.82, 2.24) is 4.31 Å². The molecule has 2 aromatic carbocycles. The highest BCUT2D eigenvalue weighted by atomic mass is 32.2. The summed E-state index contributed by atoms with van der Waals surface area (Å²) >= 11 is 0. The number of carbonyl (C=O) groups excluding carboxylic acids is 1. The molecule has 7 nitrogen and oxygen atoms in total. The van der Waals surface area contributed by atoms with Crippen LogP contribution in [-0.4, -0.2) is 47.4 Å². The number of esters is 1. The van der Waals surface area contributed by atoms with Crippen LogP contribution in [-0.2, 0) is 43.0 Å². The van der Waals surface area contributed by atoms with E-state index < -0.39 is 60.3 Å². The van der Waals surface area contributed by atoms with Gasteiger partial charge in [-0.3, -0.25) is 4.21 Å². The Hall–Kier alpha value is -2.44. The summed E-state index contributed by atoms with van der Waals surface area (Å²) in [6.45, 7) is 8.06. The Bertz CT molecular complexity index is 1350. The van der Waals surface area contributed by atoms with Gasteiger partial charge in [-0.25, -0.2) is 13.2 Å². The van der Waals surface area contributed by atoms with Crippen molar-refractivity contribution < 1.29 is 40.1 Å². The number of fused-ring (bicyclic) bond motifs is 1. The van der Waals surface area contributed by atoms with E-state index >= 15 is 0 Å². The second kappa shape index (κ2) is 11.6. The van der Waals surface area contributed by atoms with E-state index in [2.05, 4.69) is 0 Å². The van der Waals surface area contributed by atoms with Crippen molar-refractivity contribution >= 4 is 26.8 Å². The quantitative estimate of drug-likeness (QED) is 0.370. The largest absolute Gasteiger partial charge is 0.482 e. The third kappa shape index (κ3) is 7.40. The predicted octanol–water partition coefficient (Wildman–Crippen LogP) is 5.64. The first-order valence-electron chi connectivity index (χ1n) is 12.5. The molecular formula is C27H34F3NO6S2. The van der Waals surface area contributed by atoms with Crippen LogP contribution in [0.4, 0.5) is 13.2 Å². The van der Waals surface area contributed by atoms with Crippen LogP contribution in [0.2, 0.25) is 0 Å². The highest BCUT2D eigenvalue weighted by Gasteiger charge is 2.37. The third-order valence-electron chi connectivity index (χ3n) is 6.18. The van der Waals surface area contributed by atoms with Crippen LogP contribution in [0.5, 0.6) is 5.75 Å². The lowest BCUT2D eigenvalue weighted by Gasteiger charge is -2.33. The second-order valence-corrected chi connectivity index (χ2v) is 14.7. The van der Waals surface area contributed by atoms with Crippen LogP contribution in [0.25, 0.3) is 0 Å². The Morgan fingerprint density at radius 1 is 1.15 bits per heavy atom. The van der Waals surface area contributed by atoms with Crippen molar-refractivity contribution in [3.05, 3.63) is 53.1 Å². The lowest BCUT2D eigenvalue weighted by Crippen LogP contribution is -2.34.